The van der Waals surface area contributed by atoms with E-state index in [2.05, 4.69) is 45.7 Å². The molecule has 25 nitrogen and oxygen atoms in total. The van der Waals surface area contributed by atoms with Gasteiger partial charge in [-0.15, -0.1) is 0 Å². The minimum absolute atomic E-state index is 0.0207. The van der Waals surface area contributed by atoms with E-state index in [0.29, 0.717) is 55.7 Å². The summed E-state index contributed by atoms with van der Waals surface area (Å²) in [5, 5.41) is 27.2. The second kappa shape index (κ2) is 45.5. The van der Waals surface area contributed by atoms with Crippen molar-refractivity contribution in [3.05, 3.63) is 65.7 Å². The van der Waals surface area contributed by atoms with Gasteiger partial charge < -0.3 is 61.4 Å². The Hall–Kier alpha value is -7.43. The van der Waals surface area contributed by atoms with Crippen molar-refractivity contribution < 1.29 is 80.4 Å². The van der Waals surface area contributed by atoms with E-state index in [1.807, 2.05) is 32.0 Å². The average Bonchev–Trinajstić information content (AvgIpc) is 1.65. The molecule has 2 aromatic rings. The third-order valence-corrected chi connectivity index (χ3v) is 23.6. The number of ether oxygens (including phenoxy) is 3. The standard InChI is InChI=1S/C83H134F3N11O14/c1-17-44-82(19-3,59-35-27-21-20-22-28-36-59)61-48-66(98)97(78(61)105)46-30-24-29-39-65(83(84,85)86)92-68(51(4)5)76(103)91-62(37-31-45-88-80(87)107)75(102)90-60-42-40-57(41-43-60)50-111-81(108)95(14)70(53(8)9)77(104)93-69(52(6)7)79(106)94(13)71(54(10)18-2)64(109-15)49-67(99)96-47-32-38-63(96)73(110-16)55(11)74(101)89-56(12)72(100)58-33-25-23-26-34-58/h23,25-26,33-34,40-43,51-56,59,61-65,68-73,92,100H,17-22,24,27-32,35-39,44-50H2,1-16H3,(H,89,101)(H,90,102)(H,91,103)(H,93,104)(H3,87,88,107)/t54?,55?,56?,61?,62?,63?,64?,65?,68?,69-,70?,71?,72?,73?,82?/m0/s1. The van der Waals surface area contributed by atoms with Crippen molar-refractivity contribution in [1.29, 1.82) is 0 Å². The first kappa shape index (κ1) is 94.2. The van der Waals surface area contributed by atoms with Gasteiger partial charge in [-0.3, -0.25) is 53.5 Å². The number of nitrogens with one attached hydrogen (secondary N) is 6. The molecule has 111 heavy (non-hydrogen) atoms. The molecule has 1 saturated carbocycles. The molecule has 28 heteroatoms. The maximum absolute atomic E-state index is 14.9. The van der Waals surface area contributed by atoms with Crippen LogP contribution in [0.5, 0.6) is 0 Å². The van der Waals surface area contributed by atoms with E-state index in [9.17, 15) is 66.2 Å². The highest BCUT2D eigenvalue weighted by Gasteiger charge is 2.53. The molecule has 1 aliphatic carbocycles. The largest absolute Gasteiger partial charge is 0.445 e. The number of aliphatic hydroxyl groups excluding tert-OH is 1. The number of amides is 11. The molecule has 3 aliphatic rings. The van der Waals surface area contributed by atoms with Crippen LogP contribution in [0.2, 0.25) is 0 Å². The second-order valence-electron chi connectivity index (χ2n) is 32.4. The number of benzene rings is 2. The number of anilines is 1. The van der Waals surface area contributed by atoms with Crippen molar-refractivity contribution >= 4 is 65.1 Å². The summed E-state index contributed by atoms with van der Waals surface area (Å²) in [6.45, 7) is 22.2. The van der Waals surface area contributed by atoms with Gasteiger partial charge in [-0.1, -0.05) is 176 Å². The van der Waals surface area contributed by atoms with E-state index < -0.39 is 145 Å². The summed E-state index contributed by atoms with van der Waals surface area (Å²) in [4.78, 5) is 145. The summed E-state index contributed by atoms with van der Waals surface area (Å²) in [7, 11) is 6.03. The Morgan fingerprint density at radius 2 is 1.34 bits per heavy atom. The number of primary amides is 1. The summed E-state index contributed by atoms with van der Waals surface area (Å²) in [6.07, 6.45) is 4.62. The third kappa shape index (κ3) is 26.6. The number of halogens is 3. The first-order chi connectivity index (χ1) is 52.5. The van der Waals surface area contributed by atoms with Gasteiger partial charge in [0.1, 0.15) is 30.8 Å². The van der Waals surface area contributed by atoms with Gasteiger partial charge in [0.15, 0.2) is 0 Å². The molecule has 2 heterocycles. The summed E-state index contributed by atoms with van der Waals surface area (Å²) in [5.74, 6) is -6.19. The number of imide groups is 1. The molecule has 14 unspecified atom stereocenters. The van der Waals surface area contributed by atoms with Crippen molar-refractivity contribution in [1.82, 2.24) is 46.2 Å². The second-order valence-corrected chi connectivity index (χ2v) is 32.4. The van der Waals surface area contributed by atoms with Crippen LogP contribution in [-0.2, 0) is 59.2 Å². The number of unbranched alkanes of at least 4 members (excludes halogenated alkanes) is 2. The van der Waals surface area contributed by atoms with Gasteiger partial charge in [0.2, 0.25) is 47.3 Å². The number of carbonyl (C=O) groups is 10. The predicted octanol–water partition coefficient (Wildman–Crippen LogP) is 11.5. The zero-order valence-electron chi connectivity index (χ0n) is 69.0. The van der Waals surface area contributed by atoms with Gasteiger partial charge in [-0.2, -0.15) is 13.2 Å². The molecule has 0 radical (unpaired) electrons. The van der Waals surface area contributed by atoms with Crippen molar-refractivity contribution in [2.75, 3.05) is 53.3 Å². The minimum atomic E-state index is -4.77. The smallest absolute Gasteiger partial charge is 0.410 e. The zero-order chi connectivity index (χ0) is 82.6. The molecule has 0 spiro atoms. The van der Waals surface area contributed by atoms with Crippen molar-refractivity contribution in [3.8, 4) is 0 Å². The third-order valence-electron chi connectivity index (χ3n) is 23.6. The van der Waals surface area contributed by atoms with E-state index in [0.717, 1.165) is 49.8 Å². The molecule has 11 amide bonds. The fourth-order valence-electron chi connectivity index (χ4n) is 17.1. The first-order valence-corrected chi connectivity index (χ1v) is 40.8. The summed E-state index contributed by atoms with van der Waals surface area (Å²) in [6, 6.07) is 5.62. The van der Waals surface area contributed by atoms with Crippen LogP contribution in [0.4, 0.5) is 28.4 Å². The lowest BCUT2D eigenvalue weighted by Crippen LogP contribution is -2.60. The number of rotatable bonds is 44. The van der Waals surface area contributed by atoms with E-state index in [4.69, 9.17) is 19.9 Å². The van der Waals surface area contributed by atoms with Gasteiger partial charge in [0.25, 0.3) is 0 Å². The van der Waals surface area contributed by atoms with E-state index in [1.165, 1.54) is 62.5 Å². The van der Waals surface area contributed by atoms with E-state index >= 15 is 0 Å². The number of hydrogen-bond acceptors (Lipinski definition) is 15. The molecule has 2 aromatic carbocycles. The number of aliphatic hydroxyl groups is 1. The van der Waals surface area contributed by atoms with Gasteiger partial charge in [0, 0.05) is 60.1 Å². The Balaban J connectivity index is 1.18. The maximum Gasteiger partial charge on any atom is 0.410 e. The Kier molecular flexibility index (Phi) is 38.6. The molecular weight excluding hydrogens is 1430 g/mol. The lowest BCUT2D eigenvalue weighted by atomic mass is 9.59. The number of urea groups is 1. The number of carbonyl (C=O) groups excluding carboxylic acids is 10. The lowest BCUT2D eigenvalue weighted by Gasteiger charge is -2.45. The topological polar surface area (TPSA) is 330 Å². The number of methoxy groups -OCH3 is 2. The SMILES string of the molecule is CCCC(CC)(C1CCCCCCC1)C1CC(=O)N(CCCCCC(NC(C(=O)NC(CCCNC(N)=O)C(=O)Nc2ccc(COC(=O)N(C)C(C(=O)N[C@H](C(=O)N(C)C(C(C)CC)C(CC(=O)N3CCCC3C(OC)C(C)C(=O)NC(C)C(O)c3ccccc3)OC)C(C)C)C(C)C)cc2)C(C)C)C(F)(F)F)C1=O. The highest BCUT2D eigenvalue weighted by molar-refractivity contribution is 6.04. The molecule has 2 saturated heterocycles. The molecule has 626 valence electrons. The summed E-state index contributed by atoms with van der Waals surface area (Å²) in [5.41, 5.74) is 6.39. The van der Waals surface area contributed by atoms with Gasteiger partial charge >= 0.3 is 18.3 Å². The van der Waals surface area contributed by atoms with Crippen molar-refractivity contribution in [3.63, 3.8) is 0 Å². The Morgan fingerprint density at radius 3 is 1.91 bits per heavy atom. The number of likely N-dealkylation sites (tertiary alicyclic amines) is 2. The van der Waals surface area contributed by atoms with Crippen LogP contribution in [-0.4, -0.2) is 199 Å². The van der Waals surface area contributed by atoms with Crippen LogP contribution in [0.3, 0.4) is 0 Å². The molecule has 2 aliphatic heterocycles. The van der Waals surface area contributed by atoms with Gasteiger partial charge in [0.05, 0.1) is 60.7 Å². The molecule has 3 fully saturated rings. The molecule has 15 atom stereocenters. The Labute approximate surface area is 657 Å². The van der Waals surface area contributed by atoms with E-state index in [-0.39, 0.29) is 92.4 Å². The average molecular weight is 1570 g/mol. The highest BCUT2D eigenvalue weighted by atomic mass is 19.4. The molecule has 5 rings (SSSR count). The van der Waals surface area contributed by atoms with Crippen LogP contribution in [0, 0.1) is 46.8 Å². The molecule has 0 aromatic heterocycles. The number of likely N-dealkylation sites (N-methyl/N-ethyl adjacent to an activating group) is 2. The number of alkyl halides is 3. The fraction of sp³-hybridized carbons (Fsp3) is 0.735. The van der Waals surface area contributed by atoms with Crippen LogP contribution >= 0.6 is 0 Å². The predicted molar refractivity (Wildman–Crippen MR) is 421 cm³/mol. The maximum atomic E-state index is 14.9. The molecule has 9 N–H and O–H groups in total. The summed E-state index contributed by atoms with van der Waals surface area (Å²) >= 11 is 0. The fourth-order valence-corrected chi connectivity index (χ4v) is 17.1. The quantitative estimate of drug-likeness (QED) is 0.0226. The number of nitrogens with two attached hydrogens (primary N) is 1. The van der Waals surface area contributed by atoms with Crippen LogP contribution in [0.25, 0.3) is 0 Å². The lowest BCUT2D eigenvalue weighted by molar-refractivity contribution is -0.161. The number of nitrogens with zero attached hydrogens (tertiary/aromatic N) is 4. The Bertz CT molecular complexity index is 3290. The highest BCUT2D eigenvalue weighted by Crippen LogP contribution is 2.52. The Morgan fingerprint density at radius 1 is 0.703 bits per heavy atom. The molecular formula is C83H134F3N11O14. The van der Waals surface area contributed by atoms with Crippen LogP contribution < -0.4 is 37.6 Å². The summed E-state index contributed by atoms with van der Waals surface area (Å²) < 4.78 is 62.5. The minimum Gasteiger partial charge on any atom is -0.445 e. The zero-order valence-corrected chi connectivity index (χ0v) is 69.0. The van der Waals surface area contributed by atoms with Crippen LogP contribution in [0.15, 0.2) is 54.6 Å². The van der Waals surface area contributed by atoms with Crippen molar-refractivity contribution in [2.24, 2.45) is 52.6 Å². The van der Waals surface area contributed by atoms with Crippen LogP contribution in [0.1, 0.15) is 235 Å². The molecule has 0 bridgehead atoms. The van der Waals surface area contributed by atoms with Gasteiger partial charge in [-0.25, -0.2) is 9.59 Å². The van der Waals surface area contributed by atoms with E-state index in [1.54, 1.807) is 91.6 Å². The normalized spacial score (nSPS) is 19.7. The first-order valence-electron chi connectivity index (χ1n) is 40.8. The monoisotopic (exact) mass is 1570 g/mol. The van der Waals surface area contributed by atoms with Gasteiger partial charge in [-0.05, 0) is 129 Å². The number of hydrogen-bond donors (Lipinski definition) is 8. The van der Waals surface area contributed by atoms with Crippen molar-refractivity contribution in [2.45, 2.75) is 297 Å².